The Morgan fingerprint density at radius 2 is 1.74 bits per heavy atom. The molecule has 1 aliphatic rings. The summed E-state index contributed by atoms with van der Waals surface area (Å²) in [6.45, 7) is 6.61. The molecule has 1 aliphatic carbocycles. The molecule has 0 atom stereocenters. The van der Waals surface area contributed by atoms with Gasteiger partial charge in [-0.05, 0) is 36.0 Å². The number of hydrogen-bond donors (Lipinski definition) is 0. The van der Waals surface area contributed by atoms with Gasteiger partial charge < -0.3 is 0 Å². The lowest BCUT2D eigenvalue weighted by atomic mass is 9.85. The standard InChI is InChI=1S/C19H25N3O/c1-19(2,3)15-9-11-16(12-10-15)22-18(17(13-23)20-21-22)14-7-5-4-6-8-14/h9-14H,4-8H2,1-3H3. The molecule has 1 heterocycles. The Morgan fingerprint density at radius 3 is 2.30 bits per heavy atom. The maximum Gasteiger partial charge on any atom is 0.172 e. The van der Waals surface area contributed by atoms with Gasteiger partial charge in [0.15, 0.2) is 6.29 Å². The molecule has 1 aromatic carbocycles. The summed E-state index contributed by atoms with van der Waals surface area (Å²) >= 11 is 0. The summed E-state index contributed by atoms with van der Waals surface area (Å²) in [5.41, 5.74) is 3.89. The first-order valence-electron chi connectivity index (χ1n) is 8.52. The van der Waals surface area contributed by atoms with Gasteiger partial charge in [-0.2, -0.15) is 0 Å². The van der Waals surface area contributed by atoms with Gasteiger partial charge >= 0.3 is 0 Å². The highest BCUT2D eigenvalue weighted by Crippen LogP contribution is 2.34. The van der Waals surface area contributed by atoms with Crippen molar-refractivity contribution in [1.82, 2.24) is 15.0 Å². The van der Waals surface area contributed by atoms with Gasteiger partial charge in [0.2, 0.25) is 0 Å². The quantitative estimate of drug-likeness (QED) is 0.788. The molecule has 1 aromatic heterocycles. The number of nitrogens with zero attached hydrogens (tertiary/aromatic N) is 3. The van der Waals surface area contributed by atoms with E-state index >= 15 is 0 Å². The second-order valence-corrected chi connectivity index (χ2v) is 7.52. The van der Waals surface area contributed by atoms with Crippen molar-refractivity contribution in [3.63, 3.8) is 0 Å². The number of carbonyl (C=O) groups excluding carboxylic acids is 1. The Bertz CT molecular complexity index is 674. The van der Waals surface area contributed by atoms with Gasteiger partial charge in [0, 0.05) is 5.92 Å². The van der Waals surface area contributed by atoms with Crippen LogP contribution in [0.3, 0.4) is 0 Å². The van der Waals surface area contributed by atoms with Crippen LogP contribution in [0.5, 0.6) is 0 Å². The van der Waals surface area contributed by atoms with Gasteiger partial charge in [-0.1, -0.05) is 57.4 Å². The monoisotopic (exact) mass is 311 g/mol. The minimum atomic E-state index is 0.126. The van der Waals surface area contributed by atoms with E-state index in [9.17, 15) is 4.79 Å². The summed E-state index contributed by atoms with van der Waals surface area (Å²) in [5, 5.41) is 8.36. The Hall–Kier alpha value is -1.97. The fourth-order valence-corrected chi connectivity index (χ4v) is 3.44. The Balaban J connectivity index is 1.99. The third-order valence-corrected chi connectivity index (χ3v) is 4.81. The van der Waals surface area contributed by atoms with Crippen LogP contribution in [0.1, 0.15) is 80.5 Å². The minimum Gasteiger partial charge on any atom is -0.296 e. The number of aromatic nitrogens is 3. The van der Waals surface area contributed by atoms with Gasteiger partial charge in [-0.15, -0.1) is 5.10 Å². The first-order chi connectivity index (χ1) is 11.0. The summed E-state index contributed by atoms with van der Waals surface area (Å²) < 4.78 is 1.87. The SMILES string of the molecule is CC(C)(C)c1ccc(-n2nnc(C=O)c2C2CCCCC2)cc1. The highest BCUT2D eigenvalue weighted by atomic mass is 16.1. The highest BCUT2D eigenvalue weighted by Gasteiger charge is 2.25. The normalized spacial score (nSPS) is 16.5. The van der Waals surface area contributed by atoms with Crippen molar-refractivity contribution in [2.75, 3.05) is 0 Å². The van der Waals surface area contributed by atoms with E-state index < -0.39 is 0 Å². The second kappa shape index (κ2) is 6.26. The smallest absolute Gasteiger partial charge is 0.172 e. The molecule has 0 saturated heterocycles. The molecule has 122 valence electrons. The second-order valence-electron chi connectivity index (χ2n) is 7.52. The lowest BCUT2D eigenvalue weighted by molar-refractivity contribution is 0.111. The topological polar surface area (TPSA) is 47.8 Å². The number of carbonyl (C=O) groups is 1. The van der Waals surface area contributed by atoms with E-state index in [-0.39, 0.29) is 5.41 Å². The third-order valence-electron chi connectivity index (χ3n) is 4.81. The molecule has 0 N–H and O–H groups in total. The van der Waals surface area contributed by atoms with Crippen molar-refractivity contribution in [1.29, 1.82) is 0 Å². The van der Waals surface area contributed by atoms with Crippen molar-refractivity contribution in [3.05, 3.63) is 41.2 Å². The first-order valence-corrected chi connectivity index (χ1v) is 8.52. The number of rotatable bonds is 3. The molecule has 23 heavy (non-hydrogen) atoms. The van der Waals surface area contributed by atoms with Gasteiger partial charge in [0.1, 0.15) is 5.69 Å². The molecule has 4 nitrogen and oxygen atoms in total. The summed E-state index contributed by atoms with van der Waals surface area (Å²) in [6.07, 6.45) is 6.81. The summed E-state index contributed by atoms with van der Waals surface area (Å²) in [4.78, 5) is 11.4. The van der Waals surface area contributed by atoms with Crippen LogP contribution in [0.2, 0.25) is 0 Å². The molecule has 1 saturated carbocycles. The van der Waals surface area contributed by atoms with Crippen LogP contribution in [0.25, 0.3) is 5.69 Å². The molecule has 0 unspecified atom stereocenters. The summed E-state index contributed by atoms with van der Waals surface area (Å²) in [6, 6.07) is 8.44. The van der Waals surface area contributed by atoms with Crippen molar-refractivity contribution < 1.29 is 4.79 Å². The van der Waals surface area contributed by atoms with E-state index in [4.69, 9.17) is 0 Å². The zero-order chi connectivity index (χ0) is 16.4. The number of benzene rings is 1. The molecule has 0 bridgehead atoms. The van der Waals surface area contributed by atoms with Crippen LogP contribution < -0.4 is 0 Å². The molecule has 0 amide bonds. The highest BCUT2D eigenvalue weighted by molar-refractivity contribution is 5.74. The maximum atomic E-state index is 11.4. The van der Waals surface area contributed by atoms with Gasteiger partial charge in [0.25, 0.3) is 0 Å². The van der Waals surface area contributed by atoms with Crippen molar-refractivity contribution in [2.45, 2.75) is 64.2 Å². The number of aldehydes is 1. The fraction of sp³-hybridized carbons (Fsp3) is 0.526. The molecule has 1 fully saturated rings. The third kappa shape index (κ3) is 3.21. The minimum absolute atomic E-state index is 0.126. The average Bonchev–Trinajstić information content (AvgIpc) is 2.99. The molecule has 0 spiro atoms. The zero-order valence-corrected chi connectivity index (χ0v) is 14.2. The van der Waals surface area contributed by atoms with Crippen LogP contribution >= 0.6 is 0 Å². The maximum absolute atomic E-state index is 11.4. The lowest BCUT2D eigenvalue weighted by Gasteiger charge is -2.23. The fourth-order valence-electron chi connectivity index (χ4n) is 3.44. The largest absolute Gasteiger partial charge is 0.296 e. The Kier molecular flexibility index (Phi) is 4.33. The molecular weight excluding hydrogens is 286 g/mol. The van der Waals surface area contributed by atoms with Gasteiger partial charge in [0.05, 0.1) is 11.4 Å². The van der Waals surface area contributed by atoms with E-state index in [0.717, 1.165) is 30.5 Å². The van der Waals surface area contributed by atoms with Crippen LogP contribution in [0.4, 0.5) is 0 Å². The van der Waals surface area contributed by atoms with Crippen LogP contribution in [-0.4, -0.2) is 21.3 Å². The van der Waals surface area contributed by atoms with Crippen molar-refractivity contribution in [2.24, 2.45) is 0 Å². The molecule has 3 rings (SSSR count). The molecule has 0 aliphatic heterocycles. The van der Waals surface area contributed by atoms with Crippen LogP contribution in [-0.2, 0) is 5.41 Å². The first kappa shape index (κ1) is 15.9. The summed E-state index contributed by atoms with van der Waals surface area (Å²) in [5.74, 6) is 0.390. The Morgan fingerprint density at radius 1 is 1.09 bits per heavy atom. The zero-order valence-electron chi connectivity index (χ0n) is 14.2. The average molecular weight is 311 g/mol. The van der Waals surface area contributed by atoms with E-state index in [1.165, 1.54) is 24.8 Å². The molecule has 2 aromatic rings. The molecule has 4 heteroatoms. The molecular formula is C19H25N3O. The van der Waals surface area contributed by atoms with E-state index in [1.54, 1.807) is 0 Å². The predicted molar refractivity (Wildman–Crippen MR) is 91.3 cm³/mol. The summed E-state index contributed by atoms with van der Waals surface area (Å²) in [7, 11) is 0. The van der Waals surface area contributed by atoms with E-state index in [1.807, 2.05) is 4.68 Å². The van der Waals surface area contributed by atoms with Gasteiger partial charge in [-0.3, -0.25) is 4.79 Å². The van der Waals surface area contributed by atoms with E-state index in [2.05, 4.69) is 55.3 Å². The lowest BCUT2D eigenvalue weighted by Crippen LogP contribution is -2.14. The Labute approximate surface area is 137 Å². The van der Waals surface area contributed by atoms with Crippen LogP contribution in [0, 0.1) is 0 Å². The van der Waals surface area contributed by atoms with Gasteiger partial charge in [-0.25, -0.2) is 4.68 Å². The number of hydrogen-bond acceptors (Lipinski definition) is 3. The van der Waals surface area contributed by atoms with Crippen molar-refractivity contribution in [3.8, 4) is 5.69 Å². The predicted octanol–water partition coefficient (Wildman–Crippen LogP) is 4.43. The van der Waals surface area contributed by atoms with Crippen molar-refractivity contribution >= 4 is 6.29 Å². The molecule has 0 radical (unpaired) electrons. The van der Waals surface area contributed by atoms with Crippen LogP contribution in [0.15, 0.2) is 24.3 Å². The van der Waals surface area contributed by atoms with E-state index in [0.29, 0.717) is 11.6 Å².